The zero-order valence-corrected chi connectivity index (χ0v) is 24.4. The maximum absolute atomic E-state index is 11.9. The average Bonchev–Trinajstić information content (AvgIpc) is 3.41. The average molecular weight is 576 g/mol. The molecule has 0 bridgehead atoms. The first-order valence-electron chi connectivity index (χ1n) is 12.8. The minimum Gasteiger partial charge on any atom is -1.00 e. The largest absolute Gasteiger partial charge is 1.00 e. The number of aromatic hydroxyl groups is 2. The fourth-order valence-corrected chi connectivity index (χ4v) is 5.44. The van der Waals surface area contributed by atoms with Crippen molar-refractivity contribution in [1.29, 1.82) is 0 Å². The van der Waals surface area contributed by atoms with Crippen molar-refractivity contribution < 1.29 is 44.2 Å². The molecule has 0 unspecified atom stereocenters. The van der Waals surface area contributed by atoms with Gasteiger partial charge in [0.05, 0.1) is 14.1 Å². The Morgan fingerprint density at radius 2 is 1.00 bits per heavy atom. The Kier molecular flexibility index (Phi) is 8.15. The quantitative estimate of drug-likeness (QED) is 0.261. The molecule has 0 aliphatic rings. The van der Waals surface area contributed by atoms with Crippen LogP contribution in [0.4, 0.5) is 0 Å². The fraction of sp³-hybridized carbons (Fsp3) is 0.188. The monoisotopic (exact) mass is 574 g/mol. The van der Waals surface area contributed by atoms with Crippen molar-refractivity contribution in [2.75, 3.05) is 0 Å². The summed E-state index contributed by atoms with van der Waals surface area (Å²) in [5, 5.41) is 27.6. The molecule has 2 heterocycles. The number of benzene rings is 4. The molecule has 0 fully saturated rings. The van der Waals surface area contributed by atoms with Crippen LogP contribution in [0.2, 0.25) is 0 Å². The van der Waals surface area contributed by atoms with E-state index in [9.17, 15) is 10.2 Å². The third-order valence-corrected chi connectivity index (χ3v) is 7.93. The van der Waals surface area contributed by atoms with Crippen LogP contribution in [0, 0.1) is 13.8 Å². The first-order valence-corrected chi connectivity index (χ1v) is 12.8. The van der Waals surface area contributed by atoms with Crippen LogP contribution in [0.5, 0.6) is 11.5 Å². The molecule has 2 aromatic heterocycles. The Morgan fingerprint density at radius 3 is 1.35 bits per heavy atom. The van der Waals surface area contributed by atoms with Crippen LogP contribution in [0.15, 0.2) is 85.5 Å². The summed E-state index contributed by atoms with van der Waals surface area (Å²) in [5.74, 6) is 2.57. The number of imidazole rings is 2. The number of halogens is 2. The van der Waals surface area contributed by atoms with Gasteiger partial charge in [-0.05, 0) is 33.7 Å². The first-order chi connectivity index (χ1) is 18.3. The van der Waals surface area contributed by atoms with Crippen LogP contribution in [-0.4, -0.2) is 19.3 Å². The third-order valence-electron chi connectivity index (χ3n) is 7.93. The number of hydrogen-bond donors (Lipinski definition) is 2. The number of fused-ring (bicyclic) bond motifs is 2. The van der Waals surface area contributed by atoms with Gasteiger partial charge in [0.25, 0.3) is 11.6 Å². The lowest BCUT2D eigenvalue weighted by Gasteiger charge is -2.18. The number of aromatic nitrogens is 4. The predicted molar refractivity (Wildman–Crippen MR) is 149 cm³/mol. The van der Waals surface area contributed by atoms with Gasteiger partial charge < -0.3 is 35.0 Å². The molecule has 6 nitrogen and oxygen atoms in total. The summed E-state index contributed by atoms with van der Waals surface area (Å²) in [6.45, 7) is 5.16. The number of aryl methyl sites for hydroxylation is 2. The lowest BCUT2D eigenvalue weighted by Crippen LogP contribution is -3.00. The second-order valence-corrected chi connectivity index (χ2v) is 10.1. The van der Waals surface area contributed by atoms with E-state index in [0.29, 0.717) is 24.2 Å². The van der Waals surface area contributed by atoms with Crippen molar-refractivity contribution in [1.82, 2.24) is 9.13 Å². The summed E-state index contributed by atoms with van der Waals surface area (Å²) in [7, 11) is 4.03. The summed E-state index contributed by atoms with van der Waals surface area (Å²) in [6.07, 6.45) is 8.08. The Hall–Kier alpha value is -4.00. The van der Waals surface area contributed by atoms with E-state index in [-0.39, 0.29) is 36.3 Å². The molecule has 6 aromatic rings. The van der Waals surface area contributed by atoms with Gasteiger partial charge in [0.15, 0.2) is 0 Å². The summed E-state index contributed by atoms with van der Waals surface area (Å²) < 4.78 is 8.36. The van der Waals surface area contributed by atoms with Gasteiger partial charge in [-0.25, -0.2) is 18.3 Å². The van der Waals surface area contributed by atoms with E-state index in [2.05, 4.69) is 56.4 Å². The molecule has 0 aliphatic heterocycles. The van der Waals surface area contributed by atoms with E-state index in [1.807, 2.05) is 75.3 Å². The van der Waals surface area contributed by atoms with Crippen molar-refractivity contribution in [3.63, 3.8) is 0 Å². The highest BCUT2D eigenvalue weighted by molar-refractivity contribution is 6.10. The number of rotatable bonds is 5. The molecule has 0 radical (unpaired) electrons. The molecule has 40 heavy (non-hydrogen) atoms. The van der Waals surface area contributed by atoms with Crippen LogP contribution in [0.1, 0.15) is 22.8 Å². The smallest absolute Gasteiger partial charge is 0.253 e. The van der Waals surface area contributed by atoms with Crippen LogP contribution in [0.3, 0.4) is 0 Å². The predicted octanol–water partition coefficient (Wildman–Crippen LogP) is -0.955. The molecule has 0 saturated carbocycles. The number of phenols is 2. The van der Waals surface area contributed by atoms with Gasteiger partial charge in [-0.2, -0.15) is 0 Å². The molecule has 2 N–H and O–H groups in total. The van der Waals surface area contributed by atoms with Gasteiger partial charge in [0, 0.05) is 36.1 Å². The van der Waals surface area contributed by atoms with Gasteiger partial charge in [-0.3, -0.25) is 0 Å². The second-order valence-electron chi connectivity index (χ2n) is 10.1. The highest BCUT2D eigenvalue weighted by Gasteiger charge is 2.24. The zero-order chi connectivity index (χ0) is 26.6. The number of phenolic OH excluding ortho intramolecular Hbond substituents is 2. The Morgan fingerprint density at radius 1 is 0.625 bits per heavy atom. The molecule has 8 heteroatoms. The topological polar surface area (TPSA) is 58.1 Å². The number of hydrogen-bond acceptors (Lipinski definition) is 2. The standard InChI is InChI=1S/C32H30N4O2.2ClH/c1-21-33(3)13-15-35(21)19-25-17-23-9-5-7-11-27(23)29(31(25)37)30-28-12-8-6-10-24(28)18-26(32(30)38)20-36-16-14-34(4)22(36)2;;/h5-18H,19-20H2,1-4H3;2*1H. The second kappa shape index (κ2) is 11.2. The van der Waals surface area contributed by atoms with Gasteiger partial charge in [-0.1, -0.05) is 48.5 Å². The van der Waals surface area contributed by atoms with Crippen LogP contribution < -0.4 is 33.9 Å². The van der Waals surface area contributed by atoms with Crippen LogP contribution in [0.25, 0.3) is 32.7 Å². The van der Waals surface area contributed by atoms with E-state index >= 15 is 0 Å². The van der Waals surface area contributed by atoms with Crippen LogP contribution >= 0.6 is 0 Å². The van der Waals surface area contributed by atoms with E-state index < -0.39 is 0 Å². The van der Waals surface area contributed by atoms with Gasteiger partial charge in [-0.15, -0.1) is 0 Å². The fourth-order valence-electron chi connectivity index (χ4n) is 5.44. The zero-order valence-electron chi connectivity index (χ0n) is 22.9. The lowest BCUT2D eigenvalue weighted by atomic mass is 9.88. The summed E-state index contributed by atoms with van der Waals surface area (Å²) in [5.41, 5.74) is 2.94. The minimum absolute atomic E-state index is 0. The van der Waals surface area contributed by atoms with E-state index in [1.54, 1.807) is 0 Å². The molecular formula is C32H32Cl2N4O2. The Labute approximate surface area is 246 Å². The summed E-state index contributed by atoms with van der Waals surface area (Å²) >= 11 is 0. The molecule has 0 amide bonds. The van der Waals surface area contributed by atoms with E-state index in [0.717, 1.165) is 44.3 Å². The molecule has 206 valence electrons. The molecule has 6 rings (SSSR count). The minimum atomic E-state index is 0. The molecule has 0 saturated heterocycles. The highest BCUT2D eigenvalue weighted by atomic mass is 35.5. The Bertz CT molecular complexity index is 1720. The molecule has 0 spiro atoms. The number of nitrogens with zero attached hydrogens (tertiary/aromatic N) is 4. The van der Waals surface area contributed by atoms with Crippen molar-refractivity contribution in [3.05, 3.63) is 108 Å². The van der Waals surface area contributed by atoms with E-state index in [4.69, 9.17) is 0 Å². The van der Waals surface area contributed by atoms with Crippen LogP contribution in [-0.2, 0) is 27.2 Å². The van der Waals surface area contributed by atoms with Gasteiger partial charge in [0.1, 0.15) is 49.4 Å². The normalized spacial score (nSPS) is 11.0. The lowest BCUT2D eigenvalue weighted by molar-refractivity contribution is -0.677. The molecule has 0 atom stereocenters. The summed E-state index contributed by atoms with van der Waals surface area (Å²) in [4.78, 5) is 0. The third kappa shape index (κ3) is 4.78. The maximum Gasteiger partial charge on any atom is 0.253 e. The van der Waals surface area contributed by atoms with Crippen molar-refractivity contribution in [2.45, 2.75) is 26.9 Å². The summed E-state index contributed by atoms with van der Waals surface area (Å²) in [6, 6.07) is 20.3. The van der Waals surface area contributed by atoms with Crippen molar-refractivity contribution >= 4 is 21.5 Å². The molecule has 4 aromatic carbocycles. The molecule has 0 aliphatic carbocycles. The molecular weight excluding hydrogens is 543 g/mol. The van der Waals surface area contributed by atoms with Gasteiger partial charge >= 0.3 is 0 Å². The van der Waals surface area contributed by atoms with Gasteiger partial charge in [0.2, 0.25) is 0 Å². The Balaban J connectivity index is 0.00000185. The van der Waals surface area contributed by atoms with Crippen molar-refractivity contribution in [3.8, 4) is 22.6 Å². The SMILES string of the molecule is Cc1n(Cc2cc3ccccc3c(-c3c(O)c(Cn4cc[n+](C)c4C)cc4ccccc34)c2O)cc[n+]1C.[Cl-].[Cl-]. The van der Waals surface area contributed by atoms with Crippen molar-refractivity contribution in [2.24, 2.45) is 14.1 Å². The first kappa shape index (κ1) is 29.0. The highest BCUT2D eigenvalue weighted by Crippen LogP contribution is 2.47. The van der Waals surface area contributed by atoms with E-state index in [1.165, 1.54) is 0 Å². The maximum atomic E-state index is 11.9.